The minimum absolute atomic E-state index is 0.249. The first-order valence-corrected chi connectivity index (χ1v) is 11.2. The number of esters is 1. The summed E-state index contributed by atoms with van der Waals surface area (Å²) in [6.45, 7) is 6.87. The van der Waals surface area contributed by atoms with Crippen molar-refractivity contribution in [1.29, 1.82) is 0 Å². The Kier molecular flexibility index (Phi) is 6.81. The predicted octanol–water partition coefficient (Wildman–Crippen LogP) is 4.44. The number of hydrogen-bond donors (Lipinski definition) is 0. The number of hydrogen-bond acceptors (Lipinski definition) is 6. The fourth-order valence-electron chi connectivity index (χ4n) is 4.18. The SMILES string of the molecule is CCCN1CCc2nc3ccccc3c(C(=O)OCC(=O)c3ccc(OCC)cc3)c2C1. The van der Waals surface area contributed by atoms with Gasteiger partial charge >= 0.3 is 5.97 Å². The second-order valence-electron chi connectivity index (χ2n) is 7.91. The van der Waals surface area contributed by atoms with Gasteiger partial charge in [0.2, 0.25) is 0 Å². The lowest BCUT2D eigenvalue weighted by Gasteiger charge is -2.29. The van der Waals surface area contributed by atoms with Gasteiger partial charge in [0.1, 0.15) is 5.75 Å². The Hall–Kier alpha value is -3.25. The summed E-state index contributed by atoms with van der Waals surface area (Å²) in [5, 5.41) is 0.767. The monoisotopic (exact) mass is 432 g/mol. The Bertz CT molecular complexity index is 1120. The van der Waals surface area contributed by atoms with E-state index in [2.05, 4.69) is 11.8 Å². The lowest BCUT2D eigenvalue weighted by molar-refractivity contribution is 0.0474. The molecule has 1 aromatic heterocycles. The highest BCUT2D eigenvalue weighted by Crippen LogP contribution is 2.29. The van der Waals surface area contributed by atoms with Crippen molar-refractivity contribution in [3.05, 3.63) is 70.9 Å². The van der Waals surface area contributed by atoms with Gasteiger partial charge in [-0.05, 0) is 50.2 Å². The summed E-state index contributed by atoms with van der Waals surface area (Å²) in [4.78, 5) is 33.0. The molecule has 0 saturated carbocycles. The van der Waals surface area contributed by atoms with E-state index in [1.807, 2.05) is 31.2 Å². The average Bonchev–Trinajstić information content (AvgIpc) is 2.81. The third kappa shape index (κ3) is 4.65. The van der Waals surface area contributed by atoms with Gasteiger partial charge in [-0.15, -0.1) is 0 Å². The number of ether oxygens (including phenoxy) is 2. The maximum Gasteiger partial charge on any atom is 0.339 e. The van der Waals surface area contributed by atoms with Crippen molar-refractivity contribution in [3.63, 3.8) is 0 Å². The third-order valence-corrected chi connectivity index (χ3v) is 5.69. The van der Waals surface area contributed by atoms with Gasteiger partial charge in [-0.25, -0.2) is 4.79 Å². The number of carbonyl (C=O) groups is 2. The summed E-state index contributed by atoms with van der Waals surface area (Å²) in [5.41, 5.74) is 3.66. The molecule has 4 rings (SSSR count). The highest BCUT2D eigenvalue weighted by atomic mass is 16.5. The number of rotatable bonds is 8. The largest absolute Gasteiger partial charge is 0.494 e. The van der Waals surface area contributed by atoms with Gasteiger partial charge < -0.3 is 9.47 Å². The van der Waals surface area contributed by atoms with Crippen LogP contribution in [0.2, 0.25) is 0 Å². The van der Waals surface area contributed by atoms with E-state index in [4.69, 9.17) is 14.5 Å². The first-order chi connectivity index (χ1) is 15.6. The topological polar surface area (TPSA) is 68.7 Å². The molecule has 0 fully saturated rings. The van der Waals surface area contributed by atoms with Crippen LogP contribution >= 0.6 is 0 Å². The molecule has 1 aliphatic heterocycles. The molecule has 3 aromatic rings. The van der Waals surface area contributed by atoms with Crippen LogP contribution in [0.5, 0.6) is 5.75 Å². The molecule has 32 heavy (non-hydrogen) atoms. The molecular weight excluding hydrogens is 404 g/mol. The lowest BCUT2D eigenvalue weighted by atomic mass is 9.95. The second-order valence-corrected chi connectivity index (χ2v) is 7.91. The predicted molar refractivity (Wildman–Crippen MR) is 123 cm³/mol. The highest BCUT2D eigenvalue weighted by molar-refractivity contribution is 6.06. The lowest BCUT2D eigenvalue weighted by Crippen LogP contribution is -2.33. The molecule has 0 atom stereocenters. The number of fused-ring (bicyclic) bond motifs is 2. The molecule has 6 heteroatoms. The first-order valence-electron chi connectivity index (χ1n) is 11.2. The van der Waals surface area contributed by atoms with Gasteiger partial charge in [-0.2, -0.15) is 0 Å². The van der Waals surface area contributed by atoms with Crippen LogP contribution < -0.4 is 4.74 Å². The normalized spacial score (nSPS) is 13.6. The summed E-state index contributed by atoms with van der Waals surface area (Å²) in [6, 6.07) is 14.5. The number of nitrogens with zero attached hydrogens (tertiary/aromatic N) is 2. The van der Waals surface area contributed by atoms with Gasteiger partial charge in [-0.1, -0.05) is 25.1 Å². The third-order valence-electron chi connectivity index (χ3n) is 5.69. The Balaban J connectivity index is 1.57. The van der Waals surface area contributed by atoms with Crippen LogP contribution in [0.1, 0.15) is 52.2 Å². The maximum absolute atomic E-state index is 13.2. The van der Waals surface area contributed by atoms with Crippen LogP contribution in [-0.2, 0) is 17.7 Å². The summed E-state index contributed by atoms with van der Waals surface area (Å²) < 4.78 is 10.9. The fourth-order valence-corrected chi connectivity index (χ4v) is 4.18. The van der Waals surface area contributed by atoms with Gasteiger partial charge in [0.25, 0.3) is 0 Å². The Morgan fingerprint density at radius 1 is 1.06 bits per heavy atom. The number of ketones is 1. The van der Waals surface area contributed by atoms with Crippen LogP contribution in [0, 0.1) is 0 Å². The molecule has 166 valence electrons. The number of benzene rings is 2. The molecule has 0 amide bonds. The van der Waals surface area contributed by atoms with Gasteiger partial charge in [0.15, 0.2) is 12.4 Å². The van der Waals surface area contributed by atoms with Crippen molar-refractivity contribution in [2.45, 2.75) is 33.2 Å². The van der Waals surface area contributed by atoms with Crippen molar-refractivity contribution in [2.24, 2.45) is 0 Å². The Morgan fingerprint density at radius 2 is 1.84 bits per heavy atom. The van der Waals surface area contributed by atoms with Gasteiger partial charge in [0.05, 0.1) is 17.7 Å². The Morgan fingerprint density at radius 3 is 2.59 bits per heavy atom. The maximum atomic E-state index is 13.2. The van der Waals surface area contributed by atoms with E-state index < -0.39 is 5.97 Å². The van der Waals surface area contributed by atoms with Gasteiger partial charge in [-0.3, -0.25) is 14.7 Å². The van der Waals surface area contributed by atoms with Crippen LogP contribution in [0.3, 0.4) is 0 Å². The van der Waals surface area contributed by atoms with E-state index in [1.54, 1.807) is 24.3 Å². The minimum atomic E-state index is -0.475. The van der Waals surface area contributed by atoms with Crippen molar-refractivity contribution < 1.29 is 19.1 Å². The van der Waals surface area contributed by atoms with Crippen molar-refractivity contribution in [1.82, 2.24) is 9.88 Å². The quantitative estimate of drug-likeness (QED) is 0.387. The van der Waals surface area contributed by atoms with Crippen LogP contribution in [-0.4, -0.2) is 47.9 Å². The van der Waals surface area contributed by atoms with Crippen molar-refractivity contribution >= 4 is 22.7 Å². The molecule has 0 aliphatic carbocycles. The molecule has 0 unspecified atom stereocenters. The second kappa shape index (κ2) is 9.92. The molecule has 2 heterocycles. The van der Waals surface area contributed by atoms with E-state index in [0.29, 0.717) is 30.0 Å². The molecule has 6 nitrogen and oxygen atoms in total. The molecule has 1 aliphatic rings. The Labute approximate surface area is 188 Å². The van der Waals surface area contributed by atoms with Gasteiger partial charge in [0, 0.05) is 41.7 Å². The van der Waals surface area contributed by atoms with E-state index >= 15 is 0 Å². The van der Waals surface area contributed by atoms with Crippen LogP contribution in [0.15, 0.2) is 48.5 Å². The van der Waals surface area contributed by atoms with Crippen LogP contribution in [0.4, 0.5) is 0 Å². The zero-order valence-corrected chi connectivity index (χ0v) is 18.6. The molecule has 0 radical (unpaired) electrons. The molecule has 0 N–H and O–H groups in total. The zero-order chi connectivity index (χ0) is 22.5. The number of aromatic nitrogens is 1. The van der Waals surface area contributed by atoms with E-state index in [9.17, 15) is 9.59 Å². The molecule has 0 spiro atoms. The van der Waals surface area contributed by atoms with Crippen molar-refractivity contribution in [2.75, 3.05) is 26.3 Å². The summed E-state index contributed by atoms with van der Waals surface area (Å²) in [6.07, 6.45) is 1.85. The molecule has 2 aromatic carbocycles. The first kappa shape index (κ1) is 22.0. The van der Waals surface area contributed by atoms with E-state index in [1.165, 1.54) is 0 Å². The van der Waals surface area contributed by atoms with E-state index in [-0.39, 0.29) is 12.4 Å². The fraction of sp³-hybridized carbons (Fsp3) is 0.346. The average molecular weight is 433 g/mol. The zero-order valence-electron chi connectivity index (χ0n) is 18.6. The molecular formula is C26H28N2O4. The van der Waals surface area contributed by atoms with Crippen molar-refractivity contribution in [3.8, 4) is 5.75 Å². The summed E-state index contributed by atoms with van der Waals surface area (Å²) in [5.74, 6) is -0.0220. The molecule has 0 bridgehead atoms. The summed E-state index contributed by atoms with van der Waals surface area (Å²) >= 11 is 0. The highest BCUT2D eigenvalue weighted by Gasteiger charge is 2.26. The summed E-state index contributed by atoms with van der Waals surface area (Å²) in [7, 11) is 0. The number of carbonyl (C=O) groups excluding carboxylic acids is 2. The minimum Gasteiger partial charge on any atom is -0.494 e. The molecule has 0 saturated heterocycles. The van der Waals surface area contributed by atoms with Crippen LogP contribution in [0.25, 0.3) is 10.9 Å². The standard InChI is InChI=1S/C26H28N2O4/c1-3-14-28-15-13-23-21(16-28)25(20-7-5-6-8-22(20)27-23)26(30)32-17-24(29)18-9-11-19(12-10-18)31-4-2/h5-12H,3-4,13-17H2,1-2H3. The van der Waals surface area contributed by atoms with E-state index in [0.717, 1.165) is 48.1 Å². The smallest absolute Gasteiger partial charge is 0.339 e. The number of Topliss-reactive ketones (excluding diaryl/α,β-unsaturated/α-hetero) is 1. The number of para-hydroxylation sites is 1. The number of pyridine rings is 1.